The van der Waals surface area contributed by atoms with Crippen molar-refractivity contribution in [2.75, 3.05) is 17.1 Å². The highest BCUT2D eigenvalue weighted by atomic mass is 35.5. The van der Waals surface area contributed by atoms with E-state index in [-0.39, 0.29) is 12.5 Å². The first-order valence-corrected chi connectivity index (χ1v) is 13.7. The van der Waals surface area contributed by atoms with E-state index in [0.29, 0.717) is 26.9 Å². The quantitative estimate of drug-likeness (QED) is 0.524. The number of nitrogens with zero attached hydrogens (tertiary/aromatic N) is 2. The van der Waals surface area contributed by atoms with E-state index in [4.69, 9.17) is 23.2 Å². The Morgan fingerprint density at radius 2 is 1.69 bits per heavy atom. The summed E-state index contributed by atoms with van der Waals surface area (Å²) in [5, 5.41) is 3.66. The highest BCUT2D eigenvalue weighted by molar-refractivity contribution is 7.92. The van der Waals surface area contributed by atoms with Gasteiger partial charge in [-0.3, -0.25) is 13.9 Å². The summed E-state index contributed by atoms with van der Waals surface area (Å²) in [5.74, 6) is -0.910. The van der Waals surface area contributed by atoms with Crippen molar-refractivity contribution in [3.05, 3.63) is 63.1 Å². The van der Waals surface area contributed by atoms with Gasteiger partial charge in [0.05, 0.1) is 11.9 Å². The van der Waals surface area contributed by atoms with Crippen LogP contribution in [-0.4, -0.2) is 49.5 Å². The number of carbonyl (C=O) groups is 2. The summed E-state index contributed by atoms with van der Waals surface area (Å²) in [6.45, 7) is 10.3. The van der Waals surface area contributed by atoms with Crippen LogP contribution in [0.3, 0.4) is 0 Å². The van der Waals surface area contributed by atoms with Crippen molar-refractivity contribution in [1.82, 2.24) is 10.2 Å². The summed E-state index contributed by atoms with van der Waals surface area (Å²) < 4.78 is 26.5. The van der Waals surface area contributed by atoms with Crippen LogP contribution in [0.1, 0.15) is 44.4 Å². The highest BCUT2D eigenvalue weighted by Gasteiger charge is 2.32. The second-order valence-electron chi connectivity index (χ2n) is 9.73. The average molecular weight is 543 g/mol. The molecule has 10 heteroatoms. The Morgan fingerprint density at radius 3 is 2.23 bits per heavy atom. The van der Waals surface area contributed by atoms with Crippen LogP contribution in [-0.2, 0) is 26.2 Å². The van der Waals surface area contributed by atoms with E-state index in [2.05, 4.69) is 5.32 Å². The fraction of sp³-hybridized carbons (Fsp3) is 0.440. The number of amides is 2. The molecule has 0 aliphatic carbocycles. The number of nitrogens with one attached hydrogen (secondary N) is 1. The van der Waals surface area contributed by atoms with Gasteiger partial charge in [-0.2, -0.15) is 0 Å². The van der Waals surface area contributed by atoms with Gasteiger partial charge in [-0.15, -0.1) is 0 Å². The van der Waals surface area contributed by atoms with Crippen molar-refractivity contribution >= 4 is 50.7 Å². The zero-order chi connectivity index (χ0) is 26.7. The van der Waals surface area contributed by atoms with Crippen molar-refractivity contribution in [2.24, 2.45) is 0 Å². The molecule has 0 fully saturated rings. The molecular formula is C25H33Cl2N3O4S. The van der Waals surface area contributed by atoms with Gasteiger partial charge in [-0.25, -0.2) is 8.42 Å². The number of benzene rings is 2. The van der Waals surface area contributed by atoms with Gasteiger partial charge in [-0.1, -0.05) is 41.4 Å². The van der Waals surface area contributed by atoms with Gasteiger partial charge in [0.1, 0.15) is 12.6 Å². The second-order valence-corrected chi connectivity index (χ2v) is 12.5. The van der Waals surface area contributed by atoms with Gasteiger partial charge < -0.3 is 10.2 Å². The normalized spacial score (nSPS) is 12.7. The summed E-state index contributed by atoms with van der Waals surface area (Å²) >= 11 is 12.4. The molecule has 2 aromatic carbocycles. The topological polar surface area (TPSA) is 86.8 Å². The molecule has 0 radical (unpaired) electrons. The minimum Gasteiger partial charge on any atom is -0.350 e. The third-order valence-corrected chi connectivity index (χ3v) is 7.05. The number of sulfonamides is 1. The van der Waals surface area contributed by atoms with E-state index in [9.17, 15) is 18.0 Å². The van der Waals surface area contributed by atoms with Crippen molar-refractivity contribution in [3.63, 3.8) is 0 Å². The van der Waals surface area contributed by atoms with Crippen LogP contribution < -0.4 is 9.62 Å². The smallest absolute Gasteiger partial charge is 0.244 e. The Hall–Kier alpha value is -2.29. The Morgan fingerprint density at radius 1 is 1.06 bits per heavy atom. The molecule has 192 valence electrons. The number of hydrogen-bond donors (Lipinski definition) is 1. The van der Waals surface area contributed by atoms with Crippen molar-refractivity contribution in [1.29, 1.82) is 0 Å². The maximum absolute atomic E-state index is 13.6. The number of carbonyl (C=O) groups excluding carboxylic acids is 2. The highest BCUT2D eigenvalue weighted by Crippen LogP contribution is 2.26. The lowest BCUT2D eigenvalue weighted by Crippen LogP contribution is -2.54. The molecule has 0 aromatic heterocycles. The average Bonchev–Trinajstić information content (AvgIpc) is 2.70. The predicted octanol–water partition coefficient (Wildman–Crippen LogP) is 4.71. The van der Waals surface area contributed by atoms with Gasteiger partial charge >= 0.3 is 0 Å². The minimum atomic E-state index is -3.81. The maximum Gasteiger partial charge on any atom is 0.244 e. The molecule has 0 heterocycles. The van der Waals surface area contributed by atoms with E-state index in [1.165, 1.54) is 4.90 Å². The zero-order valence-corrected chi connectivity index (χ0v) is 23.5. The summed E-state index contributed by atoms with van der Waals surface area (Å²) in [4.78, 5) is 28.0. The molecule has 0 saturated carbocycles. The van der Waals surface area contributed by atoms with E-state index < -0.39 is 34.1 Å². The van der Waals surface area contributed by atoms with Crippen LogP contribution in [0.5, 0.6) is 0 Å². The summed E-state index contributed by atoms with van der Waals surface area (Å²) in [7, 11) is -3.81. The van der Waals surface area contributed by atoms with Gasteiger partial charge in [0, 0.05) is 22.1 Å². The Balaban J connectivity index is 2.49. The third kappa shape index (κ3) is 8.12. The van der Waals surface area contributed by atoms with Crippen molar-refractivity contribution in [2.45, 2.75) is 59.7 Å². The fourth-order valence-corrected chi connectivity index (χ4v) is 4.84. The molecule has 0 bridgehead atoms. The molecule has 2 amide bonds. The summed E-state index contributed by atoms with van der Waals surface area (Å²) in [5.41, 5.74) is 2.04. The van der Waals surface area contributed by atoms with Crippen molar-refractivity contribution in [3.8, 4) is 0 Å². The van der Waals surface area contributed by atoms with Crippen LogP contribution in [0.15, 0.2) is 36.4 Å². The molecule has 1 atom stereocenters. The number of hydrogen-bond acceptors (Lipinski definition) is 4. The molecule has 0 aliphatic rings. The van der Waals surface area contributed by atoms with Crippen LogP contribution in [0, 0.1) is 13.8 Å². The zero-order valence-electron chi connectivity index (χ0n) is 21.1. The van der Waals surface area contributed by atoms with E-state index in [0.717, 1.165) is 16.1 Å². The van der Waals surface area contributed by atoms with Crippen LogP contribution >= 0.6 is 23.2 Å². The van der Waals surface area contributed by atoms with Gasteiger partial charge in [-0.05, 0) is 76.4 Å². The Kier molecular flexibility index (Phi) is 9.25. The number of halogens is 2. The number of anilines is 1. The molecule has 2 rings (SSSR count). The summed E-state index contributed by atoms with van der Waals surface area (Å²) in [6.07, 6.45) is 1.05. The standard InChI is InChI=1S/C25H33Cl2N3O4S/c1-16-8-9-17(2)22(12-16)30(35(7,33)34)15-23(31)29(18(3)24(32)28-25(4,5)6)14-19-10-11-20(26)13-21(19)27/h8-13,18H,14-15H2,1-7H3,(H,28,32). The molecule has 7 nitrogen and oxygen atoms in total. The van der Waals surface area contributed by atoms with E-state index in [1.54, 1.807) is 44.2 Å². The van der Waals surface area contributed by atoms with E-state index in [1.807, 2.05) is 33.8 Å². The summed E-state index contributed by atoms with van der Waals surface area (Å²) in [6, 6.07) is 9.38. The number of rotatable bonds is 8. The van der Waals surface area contributed by atoms with Crippen LogP contribution in [0.25, 0.3) is 0 Å². The molecular weight excluding hydrogens is 509 g/mol. The molecule has 35 heavy (non-hydrogen) atoms. The van der Waals surface area contributed by atoms with Crippen LogP contribution in [0.4, 0.5) is 5.69 Å². The molecule has 0 spiro atoms. The lowest BCUT2D eigenvalue weighted by Gasteiger charge is -2.33. The van der Waals surface area contributed by atoms with E-state index >= 15 is 0 Å². The first-order valence-electron chi connectivity index (χ1n) is 11.1. The minimum absolute atomic E-state index is 0.00202. The van der Waals surface area contributed by atoms with Gasteiger partial charge in [0.2, 0.25) is 21.8 Å². The third-order valence-electron chi connectivity index (χ3n) is 5.33. The second kappa shape index (κ2) is 11.2. The Bertz CT molecular complexity index is 1210. The van der Waals surface area contributed by atoms with Crippen molar-refractivity contribution < 1.29 is 18.0 Å². The lowest BCUT2D eigenvalue weighted by atomic mass is 10.1. The first-order chi connectivity index (χ1) is 16.0. The maximum atomic E-state index is 13.6. The molecule has 1 unspecified atom stereocenters. The molecule has 1 N–H and O–H groups in total. The van der Waals surface area contributed by atoms with Gasteiger partial charge in [0.15, 0.2) is 0 Å². The molecule has 0 aliphatic heterocycles. The Labute approximate surface area is 218 Å². The fourth-order valence-electron chi connectivity index (χ4n) is 3.47. The van der Waals surface area contributed by atoms with Crippen LogP contribution in [0.2, 0.25) is 10.0 Å². The molecule has 2 aromatic rings. The number of aryl methyl sites for hydroxylation is 2. The monoisotopic (exact) mass is 541 g/mol. The SMILES string of the molecule is Cc1ccc(C)c(N(CC(=O)N(Cc2ccc(Cl)cc2Cl)C(C)C(=O)NC(C)(C)C)S(C)(=O)=O)c1. The predicted molar refractivity (Wildman–Crippen MR) is 142 cm³/mol. The first kappa shape index (κ1) is 28.9. The largest absolute Gasteiger partial charge is 0.350 e. The lowest BCUT2D eigenvalue weighted by molar-refractivity contribution is -0.140. The van der Waals surface area contributed by atoms with Gasteiger partial charge in [0.25, 0.3) is 0 Å². The molecule has 0 saturated heterocycles.